The van der Waals surface area contributed by atoms with Crippen LogP contribution in [0.15, 0.2) is 261 Å². The number of benzene rings is 13. The molecular weight excluding hydrogens is 843 g/mol. The molecule has 0 saturated carbocycles. The lowest BCUT2D eigenvalue weighted by molar-refractivity contribution is 0.768. The molecule has 1 aliphatic carbocycles. The van der Waals surface area contributed by atoms with Gasteiger partial charge in [-0.15, -0.1) is 0 Å². The second-order valence-corrected chi connectivity index (χ2v) is 19.1. The van der Waals surface area contributed by atoms with Crippen LogP contribution in [0.3, 0.4) is 0 Å². The lowest BCUT2D eigenvalue weighted by Gasteiger charge is -2.35. The maximum atomic E-state index is 2.51. The number of fused-ring (bicyclic) bond motifs is 6. The van der Waals surface area contributed by atoms with Crippen molar-refractivity contribution in [1.29, 1.82) is 0 Å². The Hall–Kier alpha value is -9.04. The topological polar surface area (TPSA) is 3.24 Å². The number of hydrogen-bond acceptors (Lipinski definition) is 1. The van der Waals surface area contributed by atoms with Crippen molar-refractivity contribution in [3.63, 3.8) is 0 Å². The molecule has 324 valence electrons. The van der Waals surface area contributed by atoms with Gasteiger partial charge < -0.3 is 4.90 Å². The highest BCUT2D eigenvalue weighted by Gasteiger charge is 2.46. The van der Waals surface area contributed by atoms with Crippen LogP contribution in [-0.4, -0.2) is 0 Å². The third kappa shape index (κ3) is 5.55. The number of hydrogen-bond donors (Lipinski definition) is 0. The van der Waals surface area contributed by atoms with Crippen molar-refractivity contribution in [2.45, 2.75) is 5.41 Å². The minimum atomic E-state index is -0.543. The van der Waals surface area contributed by atoms with Gasteiger partial charge in [0.1, 0.15) is 0 Å². The van der Waals surface area contributed by atoms with Crippen molar-refractivity contribution in [2.24, 2.45) is 0 Å². The average Bonchev–Trinajstić information content (AvgIpc) is 3.72. The maximum Gasteiger partial charge on any atom is 0.0714 e. The van der Waals surface area contributed by atoms with E-state index in [1.165, 1.54) is 120 Å². The maximum absolute atomic E-state index is 2.51. The number of rotatable bonds is 6. The van der Waals surface area contributed by atoms with Crippen molar-refractivity contribution in [2.75, 3.05) is 4.90 Å². The van der Waals surface area contributed by atoms with Crippen LogP contribution in [-0.2, 0) is 5.41 Å². The molecule has 1 aliphatic rings. The van der Waals surface area contributed by atoms with E-state index in [2.05, 4.69) is 266 Å². The molecule has 70 heavy (non-hydrogen) atoms. The highest BCUT2D eigenvalue weighted by atomic mass is 15.1. The van der Waals surface area contributed by atoms with Crippen molar-refractivity contribution < 1.29 is 0 Å². The molecule has 0 aliphatic heterocycles. The quantitative estimate of drug-likeness (QED) is 0.150. The first-order valence-electron chi connectivity index (χ1n) is 24.4. The summed E-state index contributed by atoms with van der Waals surface area (Å²) in [4.78, 5) is 2.51. The highest BCUT2D eigenvalue weighted by molar-refractivity contribution is 6.37. The highest BCUT2D eigenvalue weighted by Crippen LogP contribution is 2.57. The van der Waals surface area contributed by atoms with E-state index >= 15 is 0 Å². The minimum absolute atomic E-state index is 0.543. The van der Waals surface area contributed by atoms with Gasteiger partial charge in [-0.2, -0.15) is 0 Å². The van der Waals surface area contributed by atoms with Crippen LogP contribution in [0.2, 0.25) is 0 Å². The Labute approximate surface area is 406 Å². The molecule has 1 nitrogen and oxygen atoms in total. The fraction of sp³-hybridized carbons (Fsp3) is 0.0145. The fourth-order valence-electron chi connectivity index (χ4n) is 12.6. The van der Waals surface area contributed by atoms with Crippen LogP contribution in [0.5, 0.6) is 0 Å². The summed E-state index contributed by atoms with van der Waals surface area (Å²) in [5.41, 5.74) is 12.8. The van der Waals surface area contributed by atoms with Gasteiger partial charge in [0.15, 0.2) is 0 Å². The van der Waals surface area contributed by atoms with Crippen LogP contribution in [0.4, 0.5) is 17.1 Å². The van der Waals surface area contributed by atoms with E-state index in [1.807, 2.05) is 0 Å². The predicted octanol–water partition coefficient (Wildman–Crippen LogP) is 18.7. The molecule has 0 N–H and O–H groups in total. The summed E-state index contributed by atoms with van der Waals surface area (Å²) in [6.45, 7) is 0. The Morgan fingerprint density at radius 3 is 1.39 bits per heavy atom. The van der Waals surface area contributed by atoms with Crippen molar-refractivity contribution in [3.8, 4) is 22.3 Å². The monoisotopic (exact) mass is 885 g/mol. The molecule has 14 aromatic rings. The Morgan fingerprint density at radius 1 is 0.243 bits per heavy atom. The molecule has 14 aromatic carbocycles. The molecule has 0 spiro atoms. The van der Waals surface area contributed by atoms with E-state index in [1.54, 1.807) is 0 Å². The zero-order valence-corrected chi connectivity index (χ0v) is 38.3. The Balaban J connectivity index is 1.04. The van der Waals surface area contributed by atoms with Crippen LogP contribution in [0.25, 0.3) is 97.7 Å². The molecule has 0 unspecified atom stereocenters. The first-order chi connectivity index (χ1) is 34.7. The standard InChI is InChI=1S/C69H43N/c1-3-19-52(20-4-1)69(53-21-5-2-6-22-53)63-27-10-9-23-57(63)58-39-38-55(43-64(58)69)70(54-36-34-45(35-37-54)50-32-28-44-14-7-8-15-49(44)40-50)56-41-51-33-31-48-17-12-25-60-59-24-11-16-46-29-30-47-18-13-26-61(67(47)65(46)59)62(42-56)68(51)66(48)60/h1-43H. The summed E-state index contributed by atoms with van der Waals surface area (Å²) in [5, 5.41) is 17.7. The van der Waals surface area contributed by atoms with Gasteiger partial charge in [-0.3, -0.25) is 0 Å². The molecule has 0 aromatic heterocycles. The van der Waals surface area contributed by atoms with E-state index in [0.717, 1.165) is 17.1 Å². The van der Waals surface area contributed by atoms with Gasteiger partial charge in [0, 0.05) is 17.1 Å². The largest absolute Gasteiger partial charge is 0.310 e. The number of anilines is 3. The van der Waals surface area contributed by atoms with E-state index in [0.29, 0.717) is 0 Å². The van der Waals surface area contributed by atoms with Gasteiger partial charge in [-0.05, 0) is 162 Å². The molecule has 15 rings (SSSR count). The van der Waals surface area contributed by atoms with Crippen molar-refractivity contribution in [1.82, 2.24) is 0 Å². The van der Waals surface area contributed by atoms with E-state index < -0.39 is 5.41 Å². The number of nitrogens with zero attached hydrogens (tertiary/aromatic N) is 1. The lowest BCUT2D eigenvalue weighted by atomic mass is 9.67. The van der Waals surface area contributed by atoms with Gasteiger partial charge in [0.05, 0.1) is 5.41 Å². The zero-order chi connectivity index (χ0) is 45.9. The molecule has 0 saturated heterocycles. The Bertz CT molecular complexity index is 4350. The zero-order valence-electron chi connectivity index (χ0n) is 38.3. The van der Waals surface area contributed by atoms with Crippen molar-refractivity contribution >= 4 is 92.5 Å². The third-order valence-electron chi connectivity index (χ3n) is 15.6. The predicted molar refractivity (Wildman–Crippen MR) is 298 cm³/mol. The molecule has 0 radical (unpaired) electrons. The lowest BCUT2D eigenvalue weighted by Crippen LogP contribution is -2.28. The SMILES string of the molecule is c1ccc(C2(c3ccccc3)c3ccccc3-c3ccc(N(c4ccc(-c5ccc6ccccc6c5)cc4)c4cc5ccc6cccc7c8cccc9ccc%10cccc(c(c4)c5c67)c%10c98)cc32)cc1. The summed E-state index contributed by atoms with van der Waals surface area (Å²) in [6.07, 6.45) is 0. The molecular formula is C69H43N. The summed E-state index contributed by atoms with van der Waals surface area (Å²) in [7, 11) is 0. The van der Waals surface area contributed by atoms with E-state index in [9.17, 15) is 0 Å². The van der Waals surface area contributed by atoms with Gasteiger partial charge in [0.2, 0.25) is 0 Å². The molecule has 0 fully saturated rings. The molecule has 0 atom stereocenters. The van der Waals surface area contributed by atoms with Crippen LogP contribution >= 0.6 is 0 Å². The first kappa shape index (κ1) is 39.0. The van der Waals surface area contributed by atoms with Gasteiger partial charge >= 0.3 is 0 Å². The van der Waals surface area contributed by atoms with Crippen LogP contribution < -0.4 is 4.90 Å². The Morgan fingerprint density at radius 2 is 0.729 bits per heavy atom. The molecule has 0 amide bonds. The summed E-state index contributed by atoms with van der Waals surface area (Å²) in [5.74, 6) is 0. The second-order valence-electron chi connectivity index (χ2n) is 19.1. The molecule has 1 heteroatoms. The van der Waals surface area contributed by atoms with Crippen LogP contribution in [0.1, 0.15) is 22.3 Å². The van der Waals surface area contributed by atoms with Gasteiger partial charge in [-0.1, -0.05) is 218 Å². The first-order valence-corrected chi connectivity index (χ1v) is 24.4. The van der Waals surface area contributed by atoms with Crippen LogP contribution in [0, 0.1) is 0 Å². The van der Waals surface area contributed by atoms with E-state index in [-0.39, 0.29) is 0 Å². The van der Waals surface area contributed by atoms with Crippen molar-refractivity contribution in [3.05, 3.63) is 283 Å². The fourth-order valence-corrected chi connectivity index (χ4v) is 12.6. The third-order valence-corrected chi connectivity index (χ3v) is 15.6. The van der Waals surface area contributed by atoms with Gasteiger partial charge in [0.25, 0.3) is 0 Å². The molecule has 0 heterocycles. The Kier molecular flexibility index (Phi) is 8.35. The average molecular weight is 886 g/mol. The van der Waals surface area contributed by atoms with E-state index in [4.69, 9.17) is 0 Å². The smallest absolute Gasteiger partial charge is 0.0714 e. The summed E-state index contributed by atoms with van der Waals surface area (Å²) in [6, 6.07) is 97.9. The minimum Gasteiger partial charge on any atom is -0.310 e. The summed E-state index contributed by atoms with van der Waals surface area (Å²) >= 11 is 0. The normalized spacial score (nSPS) is 13.0. The molecule has 0 bridgehead atoms. The second kappa shape index (κ2) is 15.0. The van der Waals surface area contributed by atoms with Gasteiger partial charge in [-0.25, -0.2) is 0 Å². The summed E-state index contributed by atoms with van der Waals surface area (Å²) < 4.78 is 0.